The van der Waals surface area contributed by atoms with Crippen LogP contribution in [-0.2, 0) is 32.0 Å². The number of aliphatic carboxylic acids is 1. The second kappa shape index (κ2) is 13.3. The number of phenolic OH excluding ortho intramolecular Hbond substituents is 1. The minimum atomic E-state index is -1.41. The number of nitrogens with two attached hydrogens (primary N) is 1. The number of carboxylic acids is 1. The first-order chi connectivity index (χ1) is 16.6. The molecule has 35 heavy (non-hydrogen) atoms. The summed E-state index contributed by atoms with van der Waals surface area (Å²) < 4.78 is 0. The van der Waals surface area contributed by atoms with Gasteiger partial charge in [0.05, 0.1) is 19.0 Å². The van der Waals surface area contributed by atoms with Crippen molar-refractivity contribution in [3.8, 4) is 5.75 Å². The molecule has 0 aliphatic rings. The van der Waals surface area contributed by atoms with Crippen molar-refractivity contribution in [1.82, 2.24) is 25.9 Å². The summed E-state index contributed by atoms with van der Waals surface area (Å²) in [7, 11) is 0. The molecule has 4 unspecified atom stereocenters. The fourth-order valence-electron chi connectivity index (χ4n) is 2.99. The number of aromatic hydroxyl groups is 1. The van der Waals surface area contributed by atoms with Crippen LogP contribution in [0, 0.1) is 0 Å². The number of hydrogen-bond acceptors (Lipinski definition) is 9. The average molecular weight is 509 g/mol. The molecule has 190 valence electrons. The molecule has 9 N–H and O–H groups in total. The van der Waals surface area contributed by atoms with E-state index in [0.717, 1.165) is 0 Å². The zero-order valence-electron chi connectivity index (χ0n) is 18.5. The summed E-state index contributed by atoms with van der Waals surface area (Å²) >= 11 is 3.91. The molecule has 2 rings (SSSR count). The second-order valence-corrected chi connectivity index (χ2v) is 8.01. The number of imidazole rings is 1. The van der Waals surface area contributed by atoms with Crippen molar-refractivity contribution in [3.05, 3.63) is 48.0 Å². The minimum Gasteiger partial charge on any atom is -0.508 e. The maximum Gasteiger partial charge on any atom is 0.326 e. The second-order valence-electron chi connectivity index (χ2n) is 7.64. The van der Waals surface area contributed by atoms with Crippen LogP contribution in [0.4, 0.5) is 0 Å². The molecular formula is C21H28N6O7S. The van der Waals surface area contributed by atoms with Crippen LogP contribution in [0.2, 0.25) is 0 Å². The summed E-state index contributed by atoms with van der Waals surface area (Å²) in [4.78, 5) is 56.1. The lowest BCUT2D eigenvalue weighted by molar-refractivity contribution is -0.142. The average Bonchev–Trinajstić information content (AvgIpc) is 3.35. The van der Waals surface area contributed by atoms with E-state index in [-0.39, 0.29) is 24.3 Å². The Balaban J connectivity index is 2.20. The molecule has 4 atom stereocenters. The summed E-state index contributed by atoms with van der Waals surface area (Å²) in [5.74, 6) is -3.72. The maximum atomic E-state index is 13.0. The quantitative estimate of drug-likeness (QED) is 0.132. The van der Waals surface area contributed by atoms with Crippen molar-refractivity contribution >= 4 is 36.3 Å². The van der Waals surface area contributed by atoms with E-state index >= 15 is 0 Å². The largest absolute Gasteiger partial charge is 0.508 e. The van der Waals surface area contributed by atoms with Crippen LogP contribution in [0.15, 0.2) is 36.8 Å². The number of carbonyl (C=O) groups is 4. The molecule has 3 amide bonds. The van der Waals surface area contributed by atoms with Gasteiger partial charge in [0, 0.05) is 30.5 Å². The van der Waals surface area contributed by atoms with Gasteiger partial charge in [-0.15, -0.1) is 0 Å². The highest BCUT2D eigenvalue weighted by molar-refractivity contribution is 7.80. The first-order valence-corrected chi connectivity index (χ1v) is 11.1. The van der Waals surface area contributed by atoms with E-state index in [2.05, 4.69) is 38.5 Å². The minimum absolute atomic E-state index is 0.00436. The first-order valence-electron chi connectivity index (χ1n) is 10.5. The lowest BCUT2D eigenvalue weighted by Gasteiger charge is -2.24. The fraction of sp³-hybridized carbons (Fsp3) is 0.381. The molecule has 14 heteroatoms. The van der Waals surface area contributed by atoms with Crippen molar-refractivity contribution in [1.29, 1.82) is 0 Å². The molecule has 1 aromatic carbocycles. The van der Waals surface area contributed by atoms with Gasteiger partial charge in [0.25, 0.3) is 0 Å². The van der Waals surface area contributed by atoms with Crippen LogP contribution >= 0.6 is 12.6 Å². The van der Waals surface area contributed by atoms with Crippen LogP contribution < -0.4 is 21.7 Å². The number of aromatic nitrogens is 2. The summed E-state index contributed by atoms with van der Waals surface area (Å²) in [6.07, 6.45) is 2.63. The molecule has 0 aliphatic carbocycles. The van der Waals surface area contributed by atoms with Gasteiger partial charge >= 0.3 is 5.97 Å². The van der Waals surface area contributed by atoms with E-state index in [1.54, 1.807) is 0 Å². The van der Waals surface area contributed by atoms with E-state index in [4.69, 9.17) is 5.73 Å². The molecule has 1 aromatic heterocycles. The molecule has 0 aliphatic heterocycles. The van der Waals surface area contributed by atoms with Gasteiger partial charge in [-0.1, -0.05) is 12.1 Å². The van der Waals surface area contributed by atoms with Gasteiger partial charge in [-0.3, -0.25) is 14.4 Å². The van der Waals surface area contributed by atoms with Gasteiger partial charge in [0.1, 0.15) is 23.9 Å². The highest BCUT2D eigenvalue weighted by Gasteiger charge is 2.30. The van der Waals surface area contributed by atoms with Crippen molar-refractivity contribution in [2.45, 2.75) is 37.0 Å². The molecule has 0 saturated carbocycles. The van der Waals surface area contributed by atoms with Gasteiger partial charge in [0.15, 0.2) is 0 Å². The van der Waals surface area contributed by atoms with E-state index < -0.39 is 54.5 Å². The number of phenols is 1. The van der Waals surface area contributed by atoms with Crippen LogP contribution in [0.5, 0.6) is 5.75 Å². The molecule has 0 spiro atoms. The molecule has 1 heterocycles. The van der Waals surface area contributed by atoms with Crippen LogP contribution in [0.3, 0.4) is 0 Å². The number of aliphatic hydroxyl groups excluding tert-OH is 1. The van der Waals surface area contributed by atoms with Gasteiger partial charge in [-0.25, -0.2) is 9.78 Å². The molecule has 0 radical (unpaired) electrons. The number of benzene rings is 1. The summed E-state index contributed by atoms with van der Waals surface area (Å²) in [5, 5.41) is 35.7. The topological polar surface area (TPSA) is 220 Å². The van der Waals surface area contributed by atoms with Gasteiger partial charge in [-0.05, 0) is 17.7 Å². The number of aliphatic hydroxyl groups is 1. The van der Waals surface area contributed by atoms with Gasteiger partial charge in [-0.2, -0.15) is 12.6 Å². The number of hydrogen-bond donors (Lipinski definition) is 9. The lowest BCUT2D eigenvalue weighted by atomic mass is 10.0. The number of carbonyl (C=O) groups excluding carboxylic acids is 3. The fourth-order valence-corrected chi connectivity index (χ4v) is 3.16. The Labute approximate surface area is 205 Å². The Morgan fingerprint density at radius 1 is 0.971 bits per heavy atom. The number of carboxylic acid groups (broad SMARTS) is 1. The van der Waals surface area contributed by atoms with Crippen LogP contribution in [0.25, 0.3) is 0 Å². The number of thiol groups is 1. The zero-order valence-corrected chi connectivity index (χ0v) is 19.4. The number of aromatic amines is 1. The molecule has 13 nitrogen and oxygen atoms in total. The molecule has 2 aromatic rings. The molecule has 0 saturated heterocycles. The Morgan fingerprint density at radius 3 is 2.11 bits per heavy atom. The monoisotopic (exact) mass is 508 g/mol. The molecule has 0 bridgehead atoms. The van der Waals surface area contributed by atoms with E-state index in [0.29, 0.717) is 11.3 Å². The highest BCUT2D eigenvalue weighted by atomic mass is 32.1. The normalized spacial score (nSPS) is 14.3. The maximum absolute atomic E-state index is 13.0. The lowest BCUT2D eigenvalue weighted by Crippen LogP contribution is -2.58. The summed E-state index contributed by atoms with van der Waals surface area (Å²) in [5.41, 5.74) is 6.59. The zero-order chi connectivity index (χ0) is 26.0. The van der Waals surface area contributed by atoms with Gasteiger partial charge in [0.2, 0.25) is 17.7 Å². The number of nitrogens with zero attached hydrogens (tertiary/aromatic N) is 1. The smallest absolute Gasteiger partial charge is 0.326 e. The first kappa shape index (κ1) is 27.6. The van der Waals surface area contributed by atoms with E-state index in [1.165, 1.54) is 36.8 Å². The Bertz CT molecular complexity index is 1000. The third-order valence-corrected chi connectivity index (χ3v) is 5.35. The van der Waals surface area contributed by atoms with Crippen molar-refractivity contribution in [3.63, 3.8) is 0 Å². The van der Waals surface area contributed by atoms with Crippen molar-refractivity contribution < 1.29 is 34.5 Å². The van der Waals surface area contributed by atoms with Crippen molar-refractivity contribution in [2.24, 2.45) is 5.73 Å². The van der Waals surface area contributed by atoms with Crippen molar-refractivity contribution in [2.75, 3.05) is 12.4 Å². The standard InChI is InChI=1S/C21H28N6O7S/c22-14(9-35)18(30)27-17(8-28)20(32)25-15(5-11-1-3-13(29)4-2-11)19(31)26-16(21(33)34)6-12-7-23-10-24-12/h1-4,7,10,14-17,28-29,35H,5-6,8-9,22H2,(H,23,24)(H,25,32)(H,26,31)(H,27,30)(H,33,34). The summed E-state index contributed by atoms with van der Waals surface area (Å²) in [6.45, 7) is -0.776. The third kappa shape index (κ3) is 8.59. The van der Waals surface area contributed by atoms with Crippen LogP contribution in [-0.4, -0.2) is 85.5 Å². The highest BCUT2D eigenvalue weighted by Crippen LogP contribution is 2.12. The Hall–Kier alpha value is -3.62. The predicted octanol–water partition coefficient (Wildman–Crippen LogP) is -2.31. The Kier molecular flexibility index (Phi) is 10.5. The van der Waals surface area contributed by atoms with Gasteiger partial charge < -0.3 is 42.0 Å². The summed E-state index contributed by atoms with van der Waals surface area (Å²) in [6, 6.07) is 0.791. The number of nitrogens with one attached hydrogen (secondary N) is 4. The van der Waals surface area contributed by atoms with E-state index in [9.17, 15) is 34.5 Å². The number of H-pyrrole nitrogens is 1. The van der Waals surface area contributed by atoms with E-state index in [1.807, 2.05) is 0 Å². The van der Waals surface area contributed by atoms with Crippen LogP contribution in [0.1, 0.15) is 11.3 Å². The molecular weight excluding hydrogens is 480 g/mol. The number of rotatable bonds is 13. The predicted molar refractivity (Wildman–Crippen MR) is 126 cm³/mol. The number of amides is 3. The molecule has 0 fully saturated rings. The Morgan fingerprint density at radius 2 is 1.57 bits per heavy atom. The third-order valence-electron chi connectivity index (χ3n) is 4.95. The SMILES string of the molecule is NC(CS)C(=O)NC(CO)C(=O)NC(Cc1ccc(O)cc1)C(=O)NC(Cc1cnc[nH]1)C(=O)O.